The van der Waals surface area contributed by atoms with Crippen molar-refractivity contribution in [3.8, 4) is 0 Å². The molecule has 9 heteroatoms. The number of anilines is 1. The third kappa shape index (κ3) is 6.23. The van der Waals surface area contributed by atoms with Crippen molar-refractivity contribution < 1.29 is 21.6 Å². The Bertz CT molecular complexity index is 576. The second-order valence-electron chi connectivity index (χ2n) is 4.42. The fraction of sp³-hybridized carbons (Fsp3) is 0.500. The molecule has 0 heterocycles. The Balaban J connectivity index is 2.87. The predicted molar refractivity (Wildman–Crippen MR) is 79.7 cm³/mol. The van der Waals surface area contributed by atoms with E-state index in [-0.39, 0.29) is 10.2 Å². The molecular weight excluding hydrogens is 373 g/mol. The summed E-state index contributed by atoms with van der Waals surface area (Å²) in [4.78, 5) is 0. The second-order valence-corrected chi connectivity index (χ2v) is 7.18. The third-order valence-electron chi connectivity index (χ3n) is 2.64. The smallest absolute Gasteiger partial charge is 0.320 e. The molecule has 0 amide bonds. The molecule has 1 aromatic carbocycles. The molecule has 0 aromatic heterocycles. The Kier molecular flexibility index (Phi) is 6.48. The summed E-state index contributed by atoms with van der Waals surface area (Å²) in [5, 5.41) is 2.87. The van der Waals surface area contributed by atoms with Gasteiger partial charge in [-0.05, 0) is 44.6 Å². The van der Waals surface area contributed by atoms with Gasteiger partial charge < -0.3 is 5.32 Å². The molecule has 21 heavy (non-hydrogen) atoms. The lowest BCUT2D eigenvalue weighted by atomic mass is 10.2. The molecule has 0 bridgehead atoms. The summed E-state index contributed by atoms with van der Waals surface area (Å²) in [7, 11) is -2.06. The van der Waals surface area contributed by atoms with Crippen LogP contribution in [0, 0.1) is 0 Å². The predicted octanol–water partition coefficient (Wildman–Crippen LogP) is 3.21. The summed E-state index contributed by atoms with van der Waals surface area (Å²) < 4.78 is 64.5. The first-order valence-electron chi connectivity index (χ1n) is 6.17. The van der Waals surface area contributed by atoms with Crippen LogP contribution < -0.4 is 10.0 Å². The Morgan fingerprint density at radius 3 is 2.48 bits per heavy atom. The Morgan fingerprint density at radius 1 is 1.24 bits per heavy atom. The van der Waals surface area contributed by atoms with Crippen molar-refractivity contribution in [3.63, 3.8) is 0 Å². The van der Waals surface area contributed by atoms with Crippen LogP contribution in [0.15, 0.2) is 22.7 Å². The number of rotatable bonds is 7. The average Bonchev–Trinajstić information content (AvgIpc) is 2.35. The largest absolute Gasteiger partial charge is 0.418 e. The number of sulfonamides is 1. The van der Waals surface area contributed by atoms with E-state index in [0.29, 0.717) is 19.4 Å². The van der Waals surface area contributed by atoms with Gasteiger partial charge in [0, 0.05) is 4.47 Å². The lowest BCUT2D eigenvalue weighted by molar-refractivity contribution is -0.136. The zero-order chi connectivity index (χ0) is 16.1. The molecule has 1 aromatic rings. The number of halogens is 4. The van der Waals surface area contributed by atoms with Gasteiger partial charge >= 0.3 is 6.18 Å². The molecular formula is C12H16BrF3N2O2S. The van der Waals surface area contributed by atoms with Crippen LogP contribution in [0.5, 0.6) is 0 Å². The van der Waals surface area contributed by atoms with Gasteiger partial charge in [-0.3, -0.25) is 4.72 Å². The zero-order valence-electron chi connectivity index (χ0n) is 11.3. The van der Waals surface area contributed by atoms with E-state index in [0.717, 1.165) is 12.1 Å². The summed E-state index contributed by atoms with van der Waals surface area (Å²) in [5.74, 6) is -0.220. The molecule has 0 unspecified atom stereocenters. The molecule has 0 fully saturated rings. The van der Waals surface area contributed by atoms with Crippen LogP contribution in [-0.4, -0.2) is 27.8 Å². The number of unbranched alkanes of at least 4 members (excludes halogenated alkanes) is 1. The molecule has 0 saturated carbocycles. The van der Waals surface area contributed by atoms with Crippen LogP contribution in [0.25, 0.3) is 0 Å². The quantitative estimate of drug-likeness (QED) is 0.705. The minimum Gasteiger partial charge on any atom is -0.320 e. The Hall–Kier alpha value is -0.800. The molecule has 0 radical (unpaired) electrons. The summed E-state index contributed by atoms with van der Waals surface area (Å²) in [6, 6.07) is 3.30. The molecule has 0 spiro atoms. The molecule has 0 aliphatic rings. The van der Waals surface area contributed by atoms with Crippen molar-refractivity contribution in [2.24, 2.45) is 0 Å². The molecule has 0 aliphatic heterocycles. The van der Waals surface area contributed by atoms with E-state index in [9.17, 15) is 21.6 Å². The van der Waals surface area contributed by atoms with E-state index in [1.54, 1.807) is 7.05 Å². The van der Waals surface area contributed by atoms with Crippen LogP contribution in [0.3, 0.4) is 0 Å². The molecule has 120 valence electrons. The molecule has 0 saturated heterocycles. The van der Waals surface area contributed by atoms with Gasteiger partial charge in [-0.2, -0.15) is 13.2 Å². The van der Waals surface area contributed by atoms with Crippen molar-refractivity contribution >= 4 is 31.6 Å². The first-order valence-corrected chi connectivity index (χ1v) is 8.62. The molecule has 0 aliphatic carbocycles. The standard InChI is InChI=1S/C12H16BrF3N2O2S/c1-17-6-2-3-7-21(19,20)18-11-5-4-9(13)8-10(11)12(14,15)16/h4-5,8,17-18H,2-3,6-7H2,1H3. The van der Waals surface area contributed by atoms with E-state index in [2.05, 4.69) is 21.2 Å². The maximum absolute atomic E-state index is 12.9. The van der Waals surface area contributed by atoms with Crippen LogP contribution in [0.4, 0.5) is 18.9 Å². The fourth-order valence-corrected chi connectivity index (χ4v) is 3.21. The zero-order valence-corrected chi connectivity index (χ0v) is 13.7. The normalized spacial score (nSPS) is 12.4. The lowest BCUT2D eigenvalue weighted by Crippen LogP contribution is -2.20. The average molecular weight is 389 g/mol. The molecule has 1 rings (SSSR count). The highest BCUT2D eigenvalue weighted by Gasteiger charge is 2.34. The van der Waals surface area contributed by atoms with Gasteiger partial charge in [-0.1, -0.05) is 15.9 Å². The minimum atomic E-state index is -4.63. The van der Waals surface area contributed by atoms with Crippen LogP contribution in [0.2, 0.25) is 0 Å². The summed E-state index contributed by atoms with van der Waals surface area (Å²) in [6.45, 7) is 0.654. The van der Waals surface area contributed by atoms with Crippen molar-refractivity contribution in [1.29, 1.82) is 0 Å². The highest BCUT2D eigenvalue weighted by Crippen LogP contribution is 2.36. The van der Waals surface area contributed by atoms with E-state index in [4.69, 9.17) is 0 Å². The van der Waals surface area contributed by atoms with Gasteiger partial charge in [-0.15, -0.1) is 0 Å². The summed E-state index contributed by atoms with van der Waals surface area (Å²) >= 11 is 2.94. The van der Waals surface area contributed by atoms with Crippen LogP contribution >= 0.6 is 15.9 Å². The summed E-state index contributed by atoms with van der Waals surface area (Å²) in [5.41, 5.74) is -1.48. The lowest BCUT2D eigenvalue weighted by Gasteiger charge is -2.15. The van der Waals surface area contributed by atoms with E-state index in [1.165, 1.54) is 6.07 Å². The van der Waals surface area contributed by atoms with Crippen molar-refractivity contribution in [3.05, 3.63) is 28.2 Å². The first kappa shape index (κ1) is 18.2. The second kappa shape index (κ2) is 7.46. The highest BCUT2D eigenvalue weighted by molar-refractivity contribution is 9.10. The number of benzene rings is 1. The van der Waals surface area contributed by atoms with Gasteiger partial charge in [-0.25, -0.2) is 8.42 Å². The van der Waals surface area contributed by atoms with E-state index < -0.39 is 27.5 Å². The summed E-state index contributed by atoms with van der Waals surface area (Å²) in [6.07, 6.45) is -3.63. The Labute approximate surface area is 130 Å². The van der Waals surface area contributed by atoms with Gasteiger partial charge in [0.05, 0.1) is 17.0 Å². The SMILES string of the molecule is CNCCCCS(=O)(=O)Nc1ccc(Br)cc1C(F)(F)F. The molecule has 4 nitrogen and oxygen atoms in total. The fourth-order valence-electron chi connectivity index (χ4n) is 1.65. The van der Waals surface area contributed by atoms with Gasteiger partial charge in [0.2, 0.25) is 10.0 Å². The third-order valence-corrected chi connectivity index (χ3v) is 4.49. The monoisotopic (exact) mass is 388 g/mol. The number of hydrogen-bond donors (Lipinski definition) is 2. The van der Waals surface area contributed by atoms with Crippen molar-refractivity contribution in [2.45, 2.75) is 19.0 Å². The molecule has 0 atom stereocenters. The van der Waals surface area contributed by atoms with Crippen LogP contribution in [0.1, 0.15) is 18.4 Å². The van der Waals surface area contributed by atoms with Crippen molar-refractivity contribution in [2.75, 3.05) is 24.1 Å². The van der Waals surface area contributed by atoms with Gasteiger partial charge in [0.15, 0.2) is 0 Å². The maximum Gasteiger partial charge on any atom is 0.418 e. The van der Waals surface area contributed by atoms with Crippen LogP contribution in [-0.2, 0) is 16.2 Å². The van der Waals surface area contributed by atoms with E-state index in [1.807, 2.05) is 4.72 Å². The van der Waals surface area contributed by atoms with Gasteiger partial charge in [0.25, 0.3) is 0 Å². The van der Waals surface area contributed by atoms with E-state index >= 15 is 0 Å². The maximum atomic E-state index is 12.9. The number of hydrogen-bond acceptors (Lipinski definition) is 3. The van der Waals surface area contributed by atoms with Gasteiger partial charge in [0.1, 0.15) is 0 Å². The van der Waals surface area contributed by atoms with Crippen molar-refractivity contribution in [1.82, 2.24) is 5.32 Å². The topological polar surface area (TPSA) is 58.2 Å². The number of alkyl halides is 3. The Morgan fingerprint density at radius 2 is 1.90 bits per heavy atom. The highest BCUT2D eigenvalue weighted by atomic mass is 79.9. The first-order chi connectivity index (χ1) is 9.65. The molecule has 2 N–H and O–H groups in total. The number of nitrogens with one attached hydrogen (secondary N) is 2. The minimum absolute atomic E-state index is 0.220.